The normalized spacial score (nSPS) is 25.4. The van der Waals surface area contributed by atoms with E-state index in [1.165, 1.54) is 0 Å². The van der Waals surface area contributed by atoms with E-state index >= 15 is 0 Å². The van der Waals surface area contributed by atoms with Crippen LogP contribution in [-0.2, 0) is 4.74 Å². The van der Waals surface area contributed by atoms with Gasteiger partial charge in [-0.1, -0.05) is 5.11 Å². The Morgan fingerprint density at radius 1 is 1.71 bits per heavy atom. The van der Waals surface area contributed by atoms with Gasteiger partial charge in [-0.2, -0.15) is 5.26 Å². The molecule has 1 N–H and O–H groups in total. The van der Waals surface area contributed by atoms with Crippen LogP contribution in [0.3, 0.4) is 0 Å². The quantitative estimate of drug-likeness (QED) is 0.306. The summed E-state index contributed by atoms with van der Waals surface area (Å²) >= 11 is 0. The molecule has 1 aliphatic heterocycles. The molecule has 0 amide bonds. The van der Waals surface area contributed by atoms with Crippen LogP contribution in [0.5, 0.6) is 0 Å². The van der Waals surface area contributed by atoms with Crippen molar-refractivity contribution in [3.63, 3.8) is 0 Å². The molecule has 76 valence electrons. The molecule has 6 nitrogen and oxygen atoms in total. The average molecular weight is 195 g/mol. The summed E-state index contributed by atoms with van der Waals surface area (Å²) in [5.74, 6) is 0. The third-order valence-corrected chi connectivity index (χ3v) is 2.20. The first kappa shape index (κ1) is 10.8. The minimum atomic E-state index is -0.518. The van der Waals surface area contributed by atoms with Crippen LogP contribution in [0, 0.1) is 11.3 Å². The molecular weight excluding hydrogens is 182 g/mol. The minimum Gasteiger partial charge on any atom is -0.378 e. The summed E-state index contributed by atoms with van der Waals surface area (Å²) in [5.41, 5.74) is 7.52. The highest BCUT2D eigenvalue weighted by Crippen LogP contribution is 2.16. The van der Waals surface area contributed by atoms with Crippen LogP contribution < -0.4 is 5.32 Å². The Kier molecular flexibility index (Phi) is 4.20. The molecule has 1 unspecified atom stereocenters. The standard InChI is InChI=1S/C8H13N5O/c9-6-8(2-5-14-7-8)11-3-1-4-12-13-10/h11H,1-5,7H2. The van der Waals surface area contributed by atoms with E-state index in [0.29, 0.717) is 26.3 Å². The molecule has 1 heterocycles. The second kappa shape index (κ2) is 5.45. The molecule has 1 saturated heterocycles. The second-order valence-corrected chi connectivity index (χ2v) is 3.23. The molecule has 6 heteroatoms. The molecule has 0 aromatic carbocycles. The summed E-state index contributed by atoms with van der Waals surface area (Å²) in [6, 6.07) is 2.23. The van der Waals surface area contributed by atoms with Crippen molar-refractivity contribution in [1.82, 2.24) is 5.32 Å². The molecule has 0 aliphatic carbocycles. The zero-order chi connectivity index (χ0) is 10.3. The summed E-state index contributed by atoms with van der Waals surface area (Å²) in [6.07, 6.45) is 1.47. The maximum absolute atomic E-state index is 8.94. The van der Waals surface area contributed by atoms with E-state index in [1.807, 2.05) is 0 Å². The zero-order valence-corrected chi connectivity index (χ0v) is 7.94. The SMILES string of the molecule is N#CC1(NCCCN=[N+]=[N-])CCOC1. The fraction of sp³-hybridized carbons (Fsp3) is 0.875. The van der Waals surface area contributed by atoms with Gasteiger partial charge in [-0.15, -0.1) is 0 Å². The van der Waals surface area contributed by atoms with Crippen molar-refractivity contribution in [3.05, 3.63) is 10.4 Å². The number of rotatable bonds is 5. The molecule has 0 aromatic heterocycles. The number of nitriles is 1. The molecule has 1 rings (SSSR count). The Bertz CT molecular complexity index is 259. The Balaban J connectivity index is 2.22. The van der Waals surface area contributed by atoms with Gasteiger partial charge >= 0.3 is 0 Å². The predicted molar refractivity (Wildman–Crippen MR) is 50.4 cm³/mol. The van der Waals surface area contributed by atoms with E-state index in [0.717, 1.165) is 12.8 Å². The largest absolute Gasteiger partial charge is 0.378 e. The van der Waals surface area contributed by atoms with Crippen LogP contribution in [0.1, 0.15) is 12.8 Å². The van der Waals surface area contributed by atoms with Crippen LogP contribution in [0.15, 0.2) is 5.11 Å². The van der Waals surface area contributed by atoms with Gasteiger partial charge in [0, 0.05) is 24.5 Å². The lowest BCUT2D eigenvalue weighted by Gasteiger charge is -2.19. The highest BCUT2D eigenvalue weighted by atomic mass is 16.5. The van der Waals surface area contributed by atoms with E-state index in [9.17, 15) is 0 Å². The van der Waals surface area contributed by atoms with Crippen molar-refractivity contribution in [1.29, 1.82) is 5.26 Å². The lowest BCUT2D eigenvalue weighted by Crippen LogP contribution is -2.45. The molecule has 0 radical (unpaired) electrons. The van der Waals surface area contributed by atoms with Gasteiger partial charge in [0.15, 0.2) is 0 Å². The number of nitrogens with zero attached hydrogens (tertiary/aromatic N) is 4. The van der Waals surface area contributed by atoms with Crippen molar-refractivity contribution >= 4 is 0 Å². The summed E-state index contributed by atoms with van der Waals surface area (Å²) in [7, 11) is 0. The first-order valence-corrected chi connectivity index (χ1v) is 4.58. The fourth-order valence-corrected chi connectivity index (χ4v) is 1.35. The van der Waals surface area contributed by atoms with Crippen molar-refractivity contribution in [2.24, 2.45) is 5.11 Å². The minimum absolute atomic E-state index is 0.449. The summed E-state index contributed by atoms with van der Waals surface area (Å²) in [4.78, 5) is 2.65. The lowest BCUT2D eigenvalue weighted by molar-refractivity contribution is 0.180. The predicted octanol–water partition coefficient (Wildman–Crippen LogP) is 0.959. The van der Waals surface area contributed by atoms with Crippen molar-refractivity contribution in [2.75, 3.05) is 26.3 Å². The van der Waals surface area contributed by atoms with Gasteiger partial charge in [0.2, 0.25) is 0 Å². The van der Waals surface area contributed by atoms with E-state index in [1.54, 1.807) is 0 Å². The van der Waals surface area contributed by atoms with Crippen LogP contribution >= 0.6 is 0 Å². The van der Waals surface area contributed by atoms with Crippen molar-refractivity contribution in [3.8, 4) is 6.07 Å². The topological polar surface area (TPSA) is 93.8 Å². The van der Waals surface area contributed by atoms with Crippen molar-refractivity contribution in [2.45, 2.75) is 18.4 Å². The average Bonchev–Trinajstić information content (AvgIpc) is 2.67. The molecule has 0 spiro atoms. The van der Waals surface area contributed by atoms with Crippen LogP contribution in [0.4, 0.5) is 0 Å². The third-order valence-electron chi connectivity index (χ3n) is 2.20. The number of hydrogen-bond donors (Lipinski definition) is 1. The number of ether oxygens (including phenoxy) is 1. The molecule has 0 aromatic rings. The highest BCUT2D eigenvalue weighted by molar-refractivity contribution is 5.09. The van der Waals surface area contributed by atoms with Gasteiger partial charge < -0.3 is 4.74 Å². The third kappa shape index (κ3) is 2.89. The highest BCUT2D eigenvalue weighted by Gasteiger charge is 2.33. The Labute approximate surface area is 82.5 Å². The van der Waals surface area contributed by atoms with Gasteiger partial charge in [0.25, 0.3) is 0 Å². The molecule has 1 aliphatic rings. The first-order chi connectivity index (χ1) is 6.83. The van der Waals surface area contributed by atoms with E-state index in [-0.39, 0.29) is 0 Å². The maximum Gasteiger partial charge on any atom is 0.132 e. The molecule has 1 atom stereocenters. The Morgan fingerprint density at radius 2 is 2.57 bits per heavy atom. The Morgan fingerprint density at radius 3 is 3.14 bits per heavy atom. The lowest BCUT2D eigenvalue weighted by atomic mass is 10.0. The monoisotopic (exact) mass is 195 g/mol. The van der Waals surface area contributed by atoms with Crippen LogP contribution in [-0.4, -0.2) is 31.8 Å². The van der Waals surface area contributed by atoms with E-state index < -0.39 is 5.54 Å². The Hall–Kier alpha value is -1.28. The van der Waals surface area contributed by atoms with Gasteiger partial charge in [-0.3, -0.25) is 5.32 Å². The smallest absolute Gasteiger partial charge is 0.132 e. The molecule has 0 bridgehead atoms. The molecular formula is C8H13N5O. The number of azide groups is 1. The number of nitrogens with one attached hydrogen (secondary N) is 1. The van der Waals surface area contributed by atoms with E-state index in [4.69, 9.17) is 15.5 Å². The van der Waals surface area contributed by atoms with Gasteiger partial charge in [0.1, 0.15) is 5.54 Å². The zero-order valence-electron chi connectivity index (χ0n) is 7.94. The van der Waals surface area contributed by atoms with Crippen molar-refractivity contribution < 1.29 is 4.74 Å². The maximum atomic E-state index is 8.94. The fourth-order valence-electron chi connectivity index (χ4n) is 1.35. The first-order valence-electron chi connectivity index (χ1n) is 4.58. The molecule has 0 saturated carbocycles. The van der Waals surface area contributed by atoms with Gasteiger partial charge in [-0.25, -0.2) is 0 Å². The number of hydrogen-bond acceptors (Lipinski definition) is 4. The second-order valence-electron chi connectivity index (χ2n) is 3.23. The van der Waals surface area contributed by atoms with Crippen LogP contribution in [0.25, 0.3) is 10.4 Å². The van der Waals surface area contributed by atoms with E-state index in [2.05, 4.69) is 21.4 Å². The van der Waals surface area contributed by atoms with Gasteiger partial charge in [0.05, 0.1) is 12.7 Å². The molecule has 14 heavy (non-hydrogen) atoms. The molecule has 1 fully saturated rings. The van der Waals surface area contributed by atoms with Crippen LogP contribution in [0.2, 0.25) is 0 Å². The van der Waals surface area contributed by atoms with Gasteiger partial charge in [-0.05, 0) is 18.5 Å². The summed E-state index contributed by atoms with van der Waals surface area (Å²) < 4.78 is 5.16. The summed E-state index contributed by atoms with van der Waals surface area (Å²) in [6.45, 7) is 2.23. The summed E-state index contributed by atoms with van der Waals surface area (Å²) in [5, 5.41) is 15.5.